The van der Waals surface area contributed by atoms with Crippen molar-refractivity contribution in [3.63, 3.8) is 0 Å². The number of hydrogen-bond acceptors (Lipinski definition) is 6. The molecule has 1 aromatic carbocycles. The predicted octanol–water partition coefficient (Wildman–Crippen LogP) is 1.16. The van der Waals surface area contributed by atoms with E-state index >= 15 is 0 Å². The van der Waals surface area contributed by atoms with Crippen LogP contribution in [0.1, 0.15) is 30.2 Å². The summed E-state index contributed by atoms with van der Waals surface area (Å²) in [5.74, 6) is 3.09. The van der Waals surface area contributed by atoms with Gasteiger partial charge in [-0.3, -0.25) is 9.69 Å². The molecule has 1 aromatic heterocycles. The molecule has 1 atom stereocenters. The Hall–Kier alpha value is -2.61. The van der Waals surface area contributed by atoms with Crippen LogP contribution in [0, 0.1) is 6.92 Å². The first-order chi connectivity index (χ1) is 11.9. The van der Waals surface area contributed by atoms with E-state index in [0.29, 0.717) is 12.3 Å². The van der Waals surface area contributed by atoms with E-state index in [0.717, 1.165) is 23.0 Å². The Morgan fingerprint density at radius 2 is 2.12 bits per heavy atom. The molecule has 0 spiro atoms. The minimum absolute atomic E-state index is 0.0495. The normalized spacial score (nSPS) is 14.0. The molecule has 0 fully saturated rings. The molecule has 1 aliphatic rings. The second-order valence-corrected chi connectivity index (χ2v) is 6.30. The van der Waals surface area contributed by atoms with E-state index in [-0.39, 0.29) is 25.3 Å². The van der Waals surface area contributed by atoms with Crippen molar-refractivity contribution in [3.05, 3.63) is 35.4 Å². The van der Waals surface area contributed by atoms with Crippen molar-refractivity contribution in [2.24, 2.45) is 7.05 Å². The van der Waals surface area contributed by atoms with Crippen molar-refractivity contribution in [2.75, 3.05) is 20.4 Å². The minimum atomic E-state index is -0.118. The number of benzene rings is 1. The van der Waals surface area contributed by atoms with Gasteiger partial charge in [0.05, 0.1) is 19.1 Å². The quantitative estimate of drug-likeness (QED) is 0.846. The standard InChI is InChI=1S/C17H23N5O3/c1-11(13-5-6-14-15(7-13)25-10-24-14)18-17(23)9-21(3)8-16-20-19-12(2)22(16)4/h5-7,11H,8-10H2,1-4H3,(H,18,23). The van der Waals surface area contributed by atoms with Crippen LogP contribution in [0.25, 0.3) is 0 Å². The fourth-order valence-electron chi connectivity index (χ4n) is 2.68. The number of ether oxygens (including phenoxy) is 2. The summed E-state index contributed by atoms with van der Waals surface area (Å²) in [7, 11) is 3.80. The number of aryl methyl sites for hydroxylation is 1. The first kappa shape index (κ1) is 17.2. The third-order valence-corrected chi connectivity index (χ3v) is 4.28. The highest BCUT2D eigenvalue weighted by Crippen LogP contribution is 2.34. The molecule has 0 bridgehead atoms. The number of fused-ring (bicyclic) bond motifs is 1. The lowest BCUT2D eigenvalue weighted by Gasteiger charge is -2.19. The maximum absolute atomic E-state index is 12.3. The molecule has 2 heterocycles. The summed E-state index contributed by atoms with van der Waals surface area (Å²) in [4.78, 5) is 14.2. The van der Waals surface area contributed by atoms with Crippen LogP contribution >= 0.6 is 0 Å². The smallest absolute Gasteiger partial charge is 0.234 e. The lowest BCUT2D eigenvalue weighted by molar-refractivity contribution is -0.122. The van der Waals surface area contributed by atoms with Gasteiger partial charge in [-0.15, -0.1) is 10.2 Å². The van der Waals surface area contributed by atoms with Gasteiger partial charge in [0.2, 0.25) is 12.7 Å². The van der Waals surface area contributed by atoms with Crippen LogP contribution in [0.3, 0.4) is 0 Å². The zero-order valence-electron chi connectivity index (χ0n) is 14.9. The van der Waals surface area contributed by atoms with Gasteiger partial charge in [0.15, 0.2) is 11.5 Å². The van der Waals surface area contributed by atoms with Crippen molar-refractivity contribution in [2.45, 2.75) is 26.4 Å². The van der Waals surface area contributed by atoms with E-state index in [1.807, 2.05) is 55.6 Å². The fraction of sp³-hybridized carbons (Fsp3) is 0.471. The number of carbonyl (C=O) groups is 1. The molecule has 0 saturated heterocycles. The Balaban J connectivity index is 1.54. The van der Waals surface area contributed by atoms with Crippen LogP contribution in [-0.2, 0) is 18.4 Å². The Labute approximate surface area is 146 Å². The Kier molecular flexibility index (Phi) is 4.89. The number of aromatic nitrogens is 3. The van der Waals surface area contributed by atoms with E-state index in [2.05, 4.69) is 15.5 Å². The molecule has 2 aromatic rings. The van der Waals surface area contributed by atoms with Crippen molar-refractivity contribution in [3.8, 4) is 11.5 Å². The maximum Gasteiger partial charge on any atom is 0.234 e. The molecule has 1 N–H and O–H groups in total. The van der Waals surface area contributed by atoms with Gasteiger partial charge >= 0.3 is 0 Å². The predicted molar refractivity (Wildman–Crippen MR) is 91.2 cm³/mol. The molecule has 8 nitrogen and oxygen atoms in total. The van der Waals surface area contributed by atoms with Gasteiger partial charge in [0.25, 0.3) is 0 Å². The number of nitrogens with one attached hydrogen (secondary N) is 1. The Morgan fingerprint density at radius 3 is 2.84 bits per heavy atom. The van der Waals surface area contributed by atoms with E-state index < -0.39 is 0 Å². The van der Waals surface area contributed by atoms with Crippen LogP contribution in [0.15, 0.2) is 18.2 Å². The molecule has 25 heavy (non-hydrogen) atoms. The monoisotopic (exact) mass is 345 g/mol. The second kappa shape index (κ2) is 7.10. The Morgan fingerprint density at radius 1 is 1.36 bits per heavy atom. The molecule has 3 rings (SSSR count). The Bertz CT molecular complexity index is 774. The molecule has 1 aliphatic heterocycles. The van der Waals surface area contributed by atoms with Crippen molar-refractivity contribution < 1.29 is 14.3 Å². The third kappa shape index (κ3) is 3.90. The van der Waals surface area contributed by atoms with Crippen LogP contribution in [0.4, 0.5) is 0 Å². The molecule has 134 valence electrons. The molecule has 8 heteroatoms. The van der Waals surface area contributed by atoms with E-state index in [9.17, 15) is 4.79 Å². The third-order valence-electron chi connectivity index (χ3n) is 4.28. The number of amides is 1. The van der Waals surface area contributed by atoms with Gasteiger partial charge in [-0.05, 0) is 38.6 Å². The average Bonchev–Trinajstić information content (AvgIpc) is 3.15. The van der Waals surface area contributed by atoms with Crippen molar-refractivity contribution >= 4 is 5.91 Å². The molecular weight excluding hydrogens is 322 g/mol. The topological polar surface area (TPSA) is 81.5 Å². The number of rotatable bonds is 6. The molecule has 0 saturated carbocycles. The summed E-state index contributed by atoms with van der Waals surface area (Å²) in [6, 6.07) is 5.58. The van der Waals surface area contributed by atoms with Crippen molar-refractivity contribution in [1.82, 2.24) is 25.0 Å². The van der Waals surface area contributed by atoms with Gasteiger partial charge < -0.3 is 19.4 Å². The highest BCUT2D eigenvalue weighted by molar-refractivity contribution is 5.78. The fourth-order valence-corrected chi connectivity index (χ4v) is 2.68. The highest BCUT2D eigenvalue weighted by Gasteiger charge is 2.18. The largest absolute Gasteiger partial charge is 0.454 e. The molecule has 1 unspecified atom stereocenters. The zero-order valence-corrected chi connectivity index (χ0v) is 14.9. The molecule has 0 radical (unpaired) electrons. The van der Waals surface area contributed by atoms with Crippen molar-refractivity contribution in [1.29, 1.82) is 0 Å². The number of nitrogens with zero attached hydrogens (tertiary/aromatic N) is 4. The highest BCUT2D eigenvalue weighted by atomic mass is 16.7. The molecule has 1 amide bonds. The van der Waals surface area contributed by atoms with Gasteiger partial charge in [0, 0.05) is 7.05 Å². The van der Waals surface area contributed by atoms with Crippen LogP contribution in [0.2, 0.25) is 0 Å². The lowest BCUT2D eigenvalue weighted by atomic mass is 10.1. The first-order valence-electron chi connectivity index (χ1n) is 8.16. The van der Waals surface area contributed by atoms with E-state index in [4.69, 9.17) is 9.47 Å². The van der Waals surface area contributed by atoms with E-state index in [1.165, 1.54) is 0 Å². The number of hydrogen-bond donors (Lipinski definition) is 1. The van der Waals surface area contributed by atoms with Crippen LogP contribution in [-0.4, -0.2) is 46.0 Å². The van der Waals surface area contributed by atoms with Gasteiger partial charge in [-0.25, -0.2) is 0 Å². The van der Waals surface area contributed by atoms with Crippen LogP contribution < -0.4 is 14.8 Å². The molecular formula is C17H23N5O3. The van der Waals surface area contributed by atoms with Gasteiger partial charge in [0.1, 0.15) is 11.6 Å². The minimum Gasteiger partial charge on any atom is -0.454 e. The average molecular weight is 345 g/mol. The van der Waals surface area contributed by atoms with Gasteiger partial charge in [-0.2, -0.15) is 0 Å². The summed E-state index contributed by atoms with van der Waals surface area (Å²) in [5.41, 5.74) is 0.976. The summed E-state index contributed by atoms with van der Waals surface area (Å²) < 4.78 is 12.6. The first-order valence-corrected chi connectivity index (χ1v) is 8.16. The number of likely N-dealkylation sites (N-methyl/N-ethyl adjacent to an activating group) is 1. The van der Waals surface area contributed by atoms with E-state index in [1.54, 1.807) is 0 Å². The second-order valence-electron chi connectivity index (χ2n) is 6.30. The zero-order chi connectivity index (χ0) is 18.0. The summed E-state index contributed by atoms with van der Waals surface area (Å²) in [6.45, 7) is 4.92. The maximum atomic E-state index is 12.3. The number of carbonyl (C=O) groups excluding carboxylic acids is 1. The lowest BCUT2D eigenvalue weighted by Crippen LogP contribution is -2.36. The summed E-state index contributed by atoms with van der Waals surface area (Å²) in [5, 5.41) is 11.2. The summed E-state index contributed by atoms with van der Waals surface area (Å²) >= 11 is 0. The van der Waals surface area contributed by atoms with Gasteiger partial charge in [-0.1, -0.05) is 6.07 Å². The van der Waals surface area contributed by atoms with Crippen LogP contribution in [0.5, 0.6) is 11.5 Å². The summed E-state index contributed by atoms with van der Waals surface area (Å²) in [6.07, 6.45) is 0. The SMILES string of the molecule is Cc1nnc(CN(C)CC(=O)NC(C)c2ccc3c(c2)OCO3)n1C. The molecule has 0 aliphatic carbocycles.